The molecule has 1 aromatic rings. The van der Waals surface area contributed by atoms with Gasteiger partial charge in [-0.15, -0.1) is 0 Å². The summed E-state index contributed by atoms with van der Waals surface area (Å²) in [6, 6.07) is 6.67. The Morgan fingerprint density at radius 1 is 1.23 bits per heavy atom. The summed E-state index contributed by atoms with van der Waals surface area (Å²) in [6.45, 7) is 4.50. The maximum atomic E-state index is 12.0. The van der Waals surface area contributed by atoms with Crippen LogP contribution in [-0.4, -0.2) is 27.4 Å². The molecule has 1 aliphatic carbocycles. The number of hydrogen-bond acceptors (Lipinski definition) is 3. The minimum Gasteiger partial charge on any atom is -0.355 e. The van der Waals surface area contributed by atoms with Crippen molar-refractivity contribution in [1.82, 2.24) is 10.0 Å². The molecule has 1 aromatic carbocycles. The van der Waals surface area contributed by atoms with Gasteiger partial charge in [0.25, 0.3) is 0 Å². The van der Waals surface area contributed by atoms with Gasteiger partial charge in [0.2, 0.25) is 15.9 Å². The van der Waals surface area contributed by atoms with E-state index in [0.29, 0.717) is 24.8 Å². The minimum absolute atomic E-state index is 0.00562. The topological polar surface area (TPSA) is 75.3 Å². The Kier molecular flexibility index (Phi) is 5.58. The van der Waals surface area contributed by atoms with Crippen LogP contribution in [-0.2, 0) is 14.8 Å². The standard InChI is InChI=1S/C16H24N2O3S/c1-12-3-7-15(8-4-12)22(20,21)18-10-9-17-16(19)11-13(2)14-5-6-14/h3-4,7-8,13-14,18H,5-6,9-11H2,1-2H3,(H,17,19). The van der Waals surface area contributed by atoms with Gasteiger partial charge in [-0.1, -0.05) is 24.6 Å². The number of hydrogen-bond donors (Lipinski definition) is 2. The molecule has 0 heterocycles. The van der Waals surface area contributed by atoms with Crippen LogP contribution in [0.3, 0.4) is 0 Å². The number of nitrogens with one attached hydrogen (secondary N) is 2. The minimum atomic E-state index is -3.50. The molecule has 2 rings (SSSR count). The van der Waals surface area contributed by atoms with E-state index in [0.717, 1.165) is 5.56 Å². The van der Waals surface area contributed by atoms with E-state index in [1.165, 1.54) is 12.8 Å². The Bertz CT molecular complexity index is 607. The third-order valence-electron chi connectivity index (χ3n) is 4.00. The molecule has 0 bridgehead atoms. The molecule has 2 N–H and O–H groups in total. The summed E-state index contributed by atoms with van der Waals surface area (Å²) in [7, 11) is -3.50. The maximum Gasteiger partial charge on any atom is 0.240 e. The second-order valence-electron chi connectivity index (χ2n) is 6.08. The highest BCUT2D eigenvalue weighted by molar-refractivity contribution is 7.89. The van der Waals surface area contributed by atoms with Gasteiger partial charge >= 0.3 is 0 Å². The van der Waals surface area contributed by atoms with Crippen LogP contribution in [0.5, 0.6) is 0 Å². The van der Waals surface area contributed by atoms with Crippen molar-refractivity contribution in [3.8, 4) is 0 Å². The first-order valence-electron chi connectivity index (χ1n) is 7.71. The zero-order valence-electron chi connectivity index (χ0n) is 13.1. The van der Waals surface area contributed by atoms with Gasteiger partial charge in [0.05, 0.1) is 4.90 Å². The lowest BCUT2D eigenvalue weighted by Gasteiger charge is -2.11. The summed E-state index contributed by atoms with van der Waals surface area (Å²) in [5.41, 5.74) is 1.01. The first-order chi connectivity index (χ1) is 10.4. The maximum absolute atomic E-state index is 12.0. The highest BCUT2D eigenvalue weighted by atomic mass is 32.2. The zero-order valence-corrected chi connectivity index (χ0v) is 13.9. The number of benzene rings is 1. The average molecular weight is 324 g/mol. The third-order valence-corrected chi connectivity index (χ3v) is 5.48. The number of carbonyl (C=O) groups is 1. The SMILES string of the molecule is Cc1ccc(S(=O)(=O)NCCNC(=O)CC(C)C2CC2)cc1. The molecule has 1 unspecified atom stereocenters. The van der Waals surface area contributed by atoms with Crippen molar-refractivity contribution < 1.29 is 13.2 Å². The molecule has 1 saturated carbocycles. The number of sulfonamides is 1. The summed E-state index contributed by atoms with van der Waals surface area (Å²) in [5, 5.41) is 2.76. The molecule has 0 aromatic heterocycles. The van der Waals surface area contributed by atoms with Gasteiger partial charge in [0.15, 0.2) is 0 Å². The fourth-order valence-corrected chi connectivity index (χ4v) is 3.42. The van der Waals surface area contributed by atoms with E-state index in [2.05, 4.69) is 17.0 Å². The van der Waals surface area contributed by atoms with Crippen LogP contribution in [0.4, 0.5) is 0 Å². The van der Waals surface area contributed by atoms with E-state index in [-0.39, 0.29) is 17.3 Å². The van der Waals surface area contributed by atoms with E-state index in [4.69, 9.17) is 0 Å². The molecule has 0 spiro atoms. The summed E-state index contributed by atoms with van der Waals surface area (Å²) >= 11 is 0. The largest absolute Gasteiger partial charge is 0.355 e. The van der Waals surface area contributed by atoms with E-state index >= 15 is 0 Å². The first kappa shape index (κ1) is 17.0. The van der Waals surface area contributed by atoms with Crippen LogP contribution in [0.25, 0.3) is 0 Å². The van der Waals surface area contributed by atoms with E-state index in [1.807, 2.05) is 6.92 Å². The molecule has 122 valence electrons. The van der Waals surface area contributed by atoms with E-state index < -0.39 is 10.0 Å². The summed E-state index contributed by atoms with van der Waals surface area (Å²) in [5.74, 6) is 1.11. The second-order valence-corrected chi connectivity index (χ2v) is 7.85. The van der Waals surface area contributed by atoms with Gasteiger partial charge in [-0.25, -0.2) is 13.1 Å². The highest BCUT2D eigenvalue weighted by Crippen LogP contribution is 2.37. The van der Waals surface area contributed by atoms with Crippen LogP contribution in [0.2, 0.25) is 0 Å². The zero-order chi connectivity index (χ0) is 16.2. The normalized spacial score (nSPS) is 16.3. The molecule has 6 heteroatoms. The van der Waals surface area contributed by atoms with Gasteiger partial charge in [-0.2, -0.15) is 0 Å². The van der Waals surface area contributed by atoms with Crippen molar-refractivity contribution in [2.75, 3.05) is 13.1 Å². The quantitative estimate of drug-likeness (QED) is 0.716. The lowest BCUT2D eigenvalue weighted by molar-refractivity contribution is -0.122. The van der Waals surface area contributed by atoms with Crippen LogP contribution in [0.1, 0.15) is 31.7 Å². The third kappa shape index (κ3) is 5.10. The molecule has 5 nitrogen and oxygen atoms in total. The highest BCUT2D eigenvalue weighted by Gasteiger charge is 2.29. The van der Waals surface area contributed by atoms with Crippen LogP contribution in [0.15, 0.2) is 29.2 Å². The van der Waals surface area contributed by atoms with Gasteiger partial charge in [-0.3, -0.25) is 4.79 Å². The molecular weight excluding hydrogens is 300 g/mol. The molecule has 1 aliphatic rings. The van der Waals surface area contributed by atoms with Gasteiger partial charge < -0.3 is 5.32 Å². The molecule has 0 radical (unpaired) electrons. The van der Waals surface area contributed by atoms with E-state index in [1.54, 1.807) is 24.3 Å². The monoisotopic (exact) mass is 324 g/mol. The summed E-state index contributed by atoms with van der Waals surface area (Å²) in [4.78, 5) is 12.0. The van der Waals surface area contributed by atoms with Crippen molar-refractivity contribution >= 4 is 15.9 Å². The molecule has 0 saturated heterocycles. The Morgan fingerprint density at radius 2 is 1.86 bits per heavy atom. The molecule has 1 fully saturated rings. The fraction of sp³-hybridized carbons (Fsp3) is 0.562. The predicted molar refractivity (Wildman–Crippen MR) is 85.9 cm³/mol. The van der Waals surface area contributed by atoms with Crippen LogP contribution in [0, 0.1) is 18.8 Å². The Morgan fingerprint density at radius 3 is 2.45 bits per heavy atom. The number of amides is 1. The van der Waals surface area contributed by atoms with Crippen molar-refractivity contribution in [3.63, 3.8) is 0 Å². The van der Waals surface area contributed by atoms with Crippen molar-refractivity contribution in [3.05, 3.63) is 29.8 Å². The Hall–Kier alpha value is -1.40. The molecule has 22 heavy (non-hydrogen) atoms. The predicted octanol–water partition coefficient (Wildman–Crippen LogP) is 1.83. The van der Waals surface area contributed by atoms with Gasteiger partial charge in [0, 0.05) is 19.5 Å². The van der Waals surface area contributed by atoms with Crippen LogP contribution >= 0.6 is 0 Å². The summed E-state index contributed by atoms with van der Waals surface area (Å²) < 4.78 is 26.6. The second kappa shape index (κ2) is 7.24. The van der Waals surface area contributed by atoms with Gasteiger partial charge in [0.1, 0.15) is 0 Å². The van der Waals surface area contributed by atoms with Crippen molar-refractivity contribution in [1.29, 1.82) is 0 Å². The lowest BCUT2D eigenvalue weighted by atomic mass is 10.0. The Labute approximate surface area is 132 Å². The number of rotatable bonds is 8. The Balaban J connectivity index is 1.71. The fourth-order valence-electron chi connectivity index (χ4n) is 2.38. The van der Waals surface area contributed by atoms with Crippen molar-refractivity contribution in [2.45, 2.75) is 38.0 Å². The van der Waals surface area contributed by atoms with Gasteiger partial charge in [-0.05, 0) is 43.7 Å². The molecule has 0 aliphatic heterocycles. The first-order valence-corrected chi connectivity index (χ1v) is 9.20. The average Bonchev–Trinajstić information content (AvgIpc) is 3.28. The molecule has 1 amide bonds. The number of aryl methyl sites for hydroxylation is 1. The number of carbonyl (C=O) groups excluding carboxylic acids is 1. The molecule has 1 atom stereocenters. The smallest absolute Gasteiger partial charge is 0.240 e. The van der Waals surface area contributed by atoms with E-state index in [9.17, 15) is 13.2 Å². The summed E-state index contributed by atoms with van der Waals surface area (Å²) in [6.07, 6.45) is 2.98. The molecular formula is C16H24N2O3S. The lowest BCUT2D eigenvalue weighted by Crippen LogP contribution is -2.35. The van der Waals surface area contributed by atoms with Crippen LogP contribution < -0.4 is 10.0 Å². The van der Waals surface area contributed by atoms with Crippen molar-refractivity contribution in [2.24, 2.45) is 11.8 Å².